The van der Waals surface area contributed by atoms with Crippen LogP contribution in [0.1, 0.15) is 18.7 Å². The summed E-state index contributed by atoms with van der Waals surface area (Å²) in [6.45, 7) is 0. The van der Waals surface area contributed by atoms with Crippen LogP contribution >= 0.6 is 46.8 Å². The highest BCUT2D eigenvalue weighted by molar-refractivity contribution is 8.18. The van der Waals surface area contributed by atoms with Crippen molar-refractivity contribution in [1.82, 2.24) is 19.6 Å². The number of hydrogen-bond acceptors (Lipinski definition) is 13. The van der Waals surface area contributed by atoms with Gasteiger partial charge in [0.05, 0.1) is 6.04 Å². The van der Waals surface area contributed by atoms with Gasteiger partial charge in [0, 0.05) is 28.4 Å². The second-order valence-electron chi connectivity index (χ2n) is 6.41. The number of thioether (sulfide) groups is 1. The Morgan fingerprint density at radius 1 is 1.42 bits per heavy atom. The van der Waals surface area contributed by atoms with Gasteiger partial charge < -0.3 is 21.4 Å². The number of alkyl halides is 1. The number of carboxylic acid groups (broad SMARTS) is 1. The van der Waals surface area contributed by atoms with E-state index in [-0.39, 0.29) is 21.2 Å². The maximum absolute atomic E-state index is 12.7. The molecular weight excluding hydrogens is 492 g/mol. The smallest absolute Gasteiger partial charge is 0.353 e. The number of nitrogens with zero attached hydrogens (tertiary/aromatic N) is 6. The van der Waals surface area contributed by atoms with Gasteiger partial charge in [-0.3, -0.25) is 14.5 Å². The zero-order valence-electron chi connectivity index (χ0n) is 15.2. The van der Waals surface area contributed by atoms with Gasteiger partial charge in [0.1, 0.15) is 16.3 Å². The molecule has 1 aromatic heterocycles. The Morgan fingerprint density at radius 3 is 2.77 bits per heavy atom. The van der Waals surface area contributed by atoms with Gasteiger partial charge in [-0.15, -0.1) is 16.3 Å². The molecule has 0 saturated carbocycles. The molecule has 0 aromatic carbocycles. The molecule has 3 aliphatic heterocycles. The first kappa shape index (κ1) is 21.8. The number of rotatable bonds is 6. The molecule has 2 amide bonds. The molecule has 4 heterocycles. The highest BCUT2D eigenvalue weighted by Crippen LogP contribution is 2.47. The van der Waals surface area contributed by atoms with Crippen molar-refractivity contribution in [2.24, 2.45) is 14.8 Å². The van der Waals surface area contributed by atoms with E-state index in [9.17, 15) is 19.5 Å². The molecule has 0 spiro atoms. The molecule has 17 heteroatoms. The molecule has 31 heavy (non-hydrogen) atoms. The lowest BCUT2D eigenvalue weighted by atomic mass is 9.86. The molecule has 4 rings (SSSR count). The lowest BCUT2D eigenvalue weighted by Crippen LogP contribution is -2.72. The van der Waals surface area contributed by atoms with E-state index in [2.05, 4.69) is 29.5 Å². The number of amides is 2. The predicted molar refractivity (Wildman–Crippen MR) is 113 cm³/mol. The van der Waals surface area contributed by atoms with E-state index < -0.39 is 41.1 Å². The molecule has 3 aliphatic rings. The summed E-state index contributed by atoms with van der Waals surface area (Å²) in [6, 6.07) is -1.54. The number of carboxylic acids is 1. The molecule has 0 bridgehead atoms. The molecule has 1 fully saturated rings. The van der Waals surface area contributed by atoms with E-state index in [1.807, 2.05) is 0 Å². The third-order valence-electron chi connectivity index (χ3n) is 4.64. The van der Waals surface area contributed by atoms with Crippen LogP contribution in [-0.4, -0.2) is 70.2 Å². The third kappa shape index (κ3) is 3.95. The minimum absolute atomic E-state index is 0.0728. The SMILES string of the molecule is Nc1nc(/C(=N/O)C(=O)NC2C(=O)N3C(C(=O)O)=C(SC4SN=NC4Cl)CCC23)ns1. The maximum atomic E-state index is 12.7. The first-order valence-corrected chi connectivity index (χ1v) is 11.5. The summed E-state index contributed by atoms with van der Waals surface area (Å²) in [6.07, 6.45) is 0.792. The predicted octanol–water partition coefficient (Wildman–Crippen LogP) is 0.822. The molecule has 13 nitrogen and oxygen atoms in total. The normalized spacial score (nSPS) is 27.8. The monoisotopic (exact) mass is 504 g/mol. The van der Waals surface area contributed by atoms with E-state index in [1.165, 1.54) is 11.8 Å². The van der Waals surface area contributed by atoms with Gasteiger partial charge in [0.15, 0.2) is 10.6 Å². The van der Waals surface area contributed by atoms with Crippen LogP contribution < -0.4 is 11.1 Å². The van der Waals surface area contributed by atoms with E-state index in [4.69, 9.17) is 22.5 Å². The molecule has 4 unspecified atom stereocenters. The summed E-state index contributed by atoms with van der Waals surface area (Å²) in [7, 11) is 0. The average Bonchev–Trinajstić information content (AvgIpc) is 3.34. The van der Waals surface area contributed by atoms with Crippen molar-refractivity contribution in [1.29, 1.82) is 0 Å². The van der Waals surface area contributed by atoms with Crippen molar-refractivity contribution >= 4 is 75.5 Å². The van der Waals surface area contributed by atoms with Crippen molar-refractivity contribution in [2.45, 2.75) is 35.0 Å². The van der Waals surface area contributed by atoms with Crippen LogP contribution in [0.3, 0.4) is 0 Å². The quantitative estimate of drug-likeness (QED) is 0.0818. The van der Waals surface area contributed by atoms with Crippen LogP contribution in [0, 0.1) is 0 Å². The van der Waals surface area contributed by atoms with E-state index in [1.54, 1.807) is 0 Å². The number of β-lactam (4-membered cyclic amide) rings is 1. The van der Waals surface area contributed by atoms with E-state index >= 15 is 0 Å². The number of oxime groups is 1. The summed E-state index contributed by atoms with van der Waals surface area (Å²) in [5, 5.41) is 28.1. The molecule has 1 saturated heterocycles. The standard InChI is InChI=1S/C14H13ClN8O5S3/c15-8-13(30-22-19-8)29-4-2-1-3-5(11(25)23(3)7(4)12(26)27)17-10(24)6(20-28)9-18-14(16)31-21-9/h3,5,8,13,28H,1-2H2,(H,17,24)(H,26,27)(H2,16,18,21)/b20-6-. The van der Waals surface area contributed by atoms with Gasteiger partial charge in [-0.2, -0.15) is 14.5 Å². The zero-order chi connectivity index (χ0) is 22.3. The van der Waals surface area contributed by atoms with Crippen LogP contribution in [0.5, 0.6) is 0 Å². The van der Waals surface area contributed by atoms with Gasteiger partial charge in [-0.05, 0) is 12.8 Å². The Bertz CT molecular complexity index is 1040. The molecule has 5 N–H and O–H groups in total. The third-order valence-corrected chi connectivity index (χ3v) is 8.20. The fourth-order valence-electron chi connectivity index (χ4n) is 3.32. The van der Waals surface area contributed by atoms with E-state index in [0.29, 0.717) is 17.7 Å². The van der Waals surface area contributed by atoms with Gasteiger partial charge >= 0.3 is 5.97 Å². The van der Waals surface area contributed by atoms with Gasteiger partial charge in [-0.1, -0.05) is 16.8 Å². The number of carbonyl (C=O) groups is 3. The van der Waals surface area contributed by atoms with Crippen molar-refractivity contribution in [2.75, 3.05) is 5.73 Å². The lowest BCUT2D eigenvalue weighted by molar-refractivity contribution is -0.155. The summed E-state index contributed by atoms with van der Waals surface area (Å²) >= 11 is 9.23. The molecular formula is C14H13ClN8O5S3. The molecule has 0 radical (unpaired) electrons. The first-order valence-electron chi connectivity index (χ1n) is 8.60. The number of hydrogen-bond donors (Lipinski definition) is 4. The van der Waals surface area contributed by atoms with Gasteiger partial charge in [0.2, 0.25) is 11.5 Å². The maximum Gasteiger partial charge on any atom is 0.353 e. The minimum atomic E-state index is -1.26. The molecule has 164 valence electrons. The number of aromatic nitrogens is 2. The van der Waals surface area contributed by atoms with Crippen molar-refractivity contribution in [3.63, 3.8) is 0 Å². The lowest BCUT2D eigenvalue weighted by Gasteiger charge is -2.50. The number of anilines is 1. The fraction of sp³-hybridized carbons (Fsp3) is 0.429. The van der Waals surface area contributed by atoms with Crippen LogP contribution in [0.4, 0.5) is 5.13 Å². The number of halogens is 1. The Balaban J connectivity index is 1.50. The van der Waals surface area contributed by atoms with Crippen LogP contribution in [0.25, 0.3) is 0 Å². The summed E-state index contributed by atoms with van der Waals surface area (Å²) in [5.74, 6) is -2.91. The van der Waals surface area contributed by atoms with Gasteiger partial charge in [-0.25, -0.2) is 4.79 Å². The number of nitrogens with one attached hydrogen (secondary N) is 1. The number of nitrogens with two attached hydrogens (primary N) is 1. The molecule has 4 atom stereocenters. The Labute approximate surface area is 191 Å². The summed E-state index contributed by atoms with van der Waals surface area (Å²) < 4.78 is 7.29. The summed E-state index contributed by atoms with van der Waals surface area (Å²) in [4.78, 5) is 42.6. The molecule has 1 aromatic rings. The zero-order valence-corrected chi connectivity index (χ0v) is 18.4. The van der Waals surface area contributed by atoms with Crippen LogP contribution in [-0.2, 0) is 14.4 Å². The Morgan fingerprint density at radius 2 is 2.19 bits per heavy atom. The van der Waals surface area contributed by atoms with Crippen LogP contribution in [0.2, 0.25) is 0 Å². The number of carbonyl (C=O) groups excluding carboxylic acids is 2. The second kappa shape index (κ2) is 8.60. The van der Waals surface area contributed by atoms with Gasteiger partial charge in [0.25, 0.3) is 11.8 Å². The first-order chi connectivity index (χ1) is 14.8. The largest absolute Gasteiger partial charge is 0.477 e. The van der Waals surface area contributed by atoms with Crippen molar-refractivity contribution < 1.29 is 24.7 Å². The number of nitrogen functional groups attached to an aromatic ring is 1. The Kier molecular flexibility index (Phi) is 6.05. The average molecular weight is 505 g/mol. The minimum Gasteiger partial charge on any atom is -0.477 e. The fourth-order valence-corrected chi connectivity index (χ4v) is 6.16. The van der Waals surface area contributed by atoms with Crippen molar-refractivity contribution in [3.8, 4) is 0 Å². The second-order valence-corrected chi connectivity index (χ2v) is 10.1. The van der Waals surface area contributed by atoms with Crippen LogP contribution in [0.15, 0.2) is 25.4 Å². The number of fused-ring (bicyclic) bond motifs is 1. The highest BCUT2D eigenvalue weighted by atomic mass is 35.5. The van der Waals surface area contributed by atoms with Crippen molar-refractivity contribution in [3.05, 3.63) is 16.4 Å². The Hall–Kier alpha value is -2.43. The topological polar surface area (TPSA) is 196 Å². The summed E-state index contributed by atoms with van der Waals surface area (Å²) in [5.41, 5.74) is 4.23. The molecule has 0 aliphatic carbocycles. The van der Waals surface area contributed by atoms with E-state index in [0.717, 1.165) is 28.4 Å². The number of allylic oxidation sites excluding steroid dienone is 1. The number of aliphatic carboxylic acids is 1. The highest BCUT2D eigenvalue weighted by Gasteiger charge is 2.54.